The van der Waals surface area contributed by atoms with Gasteiger partial charge in [0, 0.05) is 31.0 Å². The third-order valence-corrected chi connectivity index (χ3v) is 11.2. The fourth-order valence-corrected chi connectivity index (χ4v) is 8.50. The number of imide groups is 1. The summed E-state index contributed by atoms with van der Waals surface area (Å²) in [5.74, 6) is -3.20. The van der Waals surface area contributed by atoms with Crippen molar-refractivity contribution in [2.45, 2.75) is 56.9 Å². The number of aryl methyl sites for hydroxylation is 1. The normalized spacial score (nSPS) is 22.4. The molecular formula is C33H33FN6O8S. The number of phenols is 1. The van der Waals surface area contributed by atoms with Crippen LogP contribution in [0.25, 0.3) is 21.8 Å². The predicted molar refractivity (Wildman–Crippen MR) is 177 cm³/mol. The van der Waals surface area contributed by atoms with Crippen LogP contribution in [0.4, 0.5) is 15.8 Å². The molecule has 1 aliphatic carbocycles. The van der Waals surface area contributed by atoms with Crippen molar-refractivity contribution in [3.8, 4) is 5.75 Å². The summed E-state index contributed by atoms with van der Waals surface area (Å²) in [7, 11) is -2.67. The first kappa shape index (κ1) is 32.3. The van der Waals surface area contributed by atoms with Crippen molar-refractivity contribution >= 4 is 67.0 Å². The number of benzene rings is 3. The molecule has 4 aromatic rings. The van der Waals surface area contributed by atoms with Gasteiger partial charge >= 0.3 is 15.9 Å². The van der Waals surface area contributed by atoms with Gasteiger partial charge in [-0.25, -0.2) is 18.2 Å². The van der Waals surface area contributed by atoms with Gasteiger partial charge in [0.15, 0.2) is 5.82 Å². The van der Waals surface area contributed by atoms with Gasteiger partial charge in [0.05, 0.1) is 11.0 Å². The highest BCUT2D eigenvalue weighted by Crippen LogP contribution is 2.40. The van der Waals surface area contributed by atoms with E-state index >= 15 is 4.39 Å². The number of fused-ring (bicyclic) bond motifs is 2. The first-order chi connectivity index (χ1) is 23.3. The minimum Gasteiger partial charge on any atom is -0.506 e. The molecule has 0 radical (unpaired) electrons. The molecule has 7 rings (SSSR count). The number of hydrogen-bond donors (Lipinski definition) is 4. The van der Waals surface area contributed by atoms with E-state index in [1.807, 2.05) is 18.2 Å². The lowest BCUT2D eigenvalue weighted by Gasteiger charge is -2.28. The third-order valence-electron chi connectivity index (χ3n) is 9.81. The zero-order valence-electron chi connectivity index (χ0n) is 26.4. The number of halogens is 1. The molecule has 1 unspecified atom stereocenters. The molecule has 1 atom stereocenters. The highest BCUT2D eigenvalue weighted by Gasteiger charge is 2.38. The van der Waals surface area contributed by atoms with Crippen LogP contribution in [0.5, 0.6) is 5.75 Å². The van der Waals surface area contributed by atoms with E-state index in [2.05, 4.69) is 10.6 Å². The molecule has 3 aliphatic rings. The van der Waals surface area contributed by atoms with Gasteiger partial charge in [-0.1, -0.05) is 6.07 Å². The number of aromatic nitrogens is 2. The molecule has 3 aromatic carbocycles. The van der Waals surface area contributed by atoms with Crippen molar-refractivity contribution in [1.29, 1.82) is 0 Å². The lowest BCUT2D eigenvalue weighted by molar-refractivity contribution is -0.135. The van der Waals surface area contributed by atoms with Gasteiger partial charge < -0.3 is 10.4 Å². The van der Waals surface area contributed by atoms with Crippen molar-refractivity contribution in [3.63, 3.8) is 0 Å². The summed E-state index contributed by atoms with van der Waals surface area (Å²) in [5.41, 5.74) is 1.85. The summed E-state index contributed by atoms with van der Waals surface area (Å²) < 4.78 is 45.0. The van der Waals surface area contributed by atoms with Crippen LogP contribution in [-0.2, 0) is 36.4 Å². The SMILES string of the molecule is Cn1c(=O)n(C2CCC(=O)NC2=O)c2ccc([C@H]3CC[C@@H](CC(=O)Nc4ccc5c(F)c(N6CC(=O)NS6(=O)=O)c(O)cc5c4)CC3)cc21. The molecule has 0 spiro atoms. The van der Waals surface area contributed by atoms with E-state index in [1.54, 1.807) is 11.8 Å². The summed E-state index contributed by atoms with van der Waals surface area (Å²) in [4.78, 5) is 61.9. The van der Waals surface area contributed by atoms with E-state index in [4.69, 9.17) is 0 Å². The Morgan fingerprint density at radius 1 is 0.980 bits per heavy atom. The number of aromatic hydroxyl groups is 1. The zero-order chi connectivity index (χ0) is 34.8. The molecule has 4 N–H and O–H groups in total. The Hall–Kier alpha value is -5.25. The fraction of sp³-hybridized carbons (Fsp3) is 0.364. The highest BCUT2D eigenvalue weighted by atomic mass is 32.2. The van der Waals surface area contributed by atoms with Gasteiger partial charge in [-0.05, 0) is 91.3 Å². The second kappa shape index (κ2) is 12.0. The minimum absolute atomic E-state index is 0.00413. The molecule has 3 heterocycles. The van der Waals surface area contributed by atoms with Gasteiger partial charge in [0.25, 0.3) is 5.91 Å². The predicted octanol–water partition coefficient (Wildman–Crippen LogP) is 2.80. The molecule has 3 fully saturated rings. The molecular weight excluding hydrogens is 659 g/mol. The van der Waals surface area contributed by atoms with Gasteiger partial charge in [-0.2, -0.15) is 8.42 Å². The number of hydrogen-bond acceptors (Lipinski definition) is 8. The molecule has 49 heavy (non-hydrogen) atoms. The number of rotatable bonds is 6. The summed E-state index contributed by atoms with van der Waals surface area (Å²) in [6.45, 7) is -0.661. The van der Waals surface area contributed by atoms with Crippen LogP contribution in [0.15, 0.2) is 47.3 Å². The molecule has 14 nitrogen and oxygen atoms in total. The Bertz CT molecular complexity index is 2260. The van der Waals surface area contributed by atoms with Crippen LogP contribution < -0.4 is 25.4 Å². The molecule has 4 amide bonds. The van der Waals surface area contributed by atoms with Crippen molar-refractivity contribution in [2.75, 3.05) is 16.2 Å². The van der Waals surface area contributed by atoms with E-state index < -0.39 is 51.9 Å². The second-order valence-electron chi connectivity index (χ2n) is 12.9. The largest absolute Gasteiger partial charge is 0.506 e. The number of nitrogens with zero attached hydrogens (tertiary/aromatic N) is 3. The van der Waals surface area contributed by atoms with Crippen molar-refractivity contribution in [1.82, 2.24) is 19.2 Å². The molecule has 16 heteroatoms. The molecule has 2 aliphatic heterocycles. The Morgan fingerprint density at radius 3 is 2.43 bits per heavy atom. The average molecular weight is 693 g/mol. The number of carbonyl (C=O) groups is 4. The number of nitrogens with one attached hydrogen (secondary N) is 3. The first-order valence-corrected chi connectivity index (χ1v) is 17.4. The molecule has 1 aromatic heterocycles. The Morgan fingerprint density at radius 2 is 1.73 bits per heavy atom. The smallest absolute Gasteiger partial charge is 0.329 e. The van der Waals surface area contributed by atoms with Crippen molar-refractivity contribution in [2.24, 2.45) is 13.0 Å². The molecule has 2 saturated heterocycles. The van der Waals surface area contributed by atoms with Crippen LogP contribution in [0, 0.1) is 11.7 Å². The Balaban J connectivity index is 0.995. The van der Waals surface area contributed by atoms with Crippen molar-refractivity contribution in [3.05, 3.63) is 64.3 Å². The van der Waals surface area contributed by atoms with Crippen LogP contribution >= 0.6 is 0 Å². The van der Waals surface area contributed by atoms with Gasteiger partial charge in [0.2, 0.25) is 17.7 Å². The van der Waals surface area contributed by atoms with Crippen LogP contribution in [0.3, 0.4) is 0 Å². The van der Waals surface area contributed by atoms with Gasteiger partial charge in [-0.3, -0.25) is 33.6 Å². The average Bonchev–Trinajstić information content (AvgIpc) is 3.46. The monoisotopic (exact) mass is 692 g/mol. The van der Waals surface area contributed by atoms with Crippen molar-refractivity contribution < 1.29 is 37.1 Å². The van der Waals surface area contributed by atoms with Crippen LogP contribution in [-0.4, -0.2) is 52.8 Å². The number of amides is 4. The zero-order valence-corrected chi connectivity index (χ0v) is 27.2. The van der Waals surface area contributed by atoms with E-state index in [0.717, 1.165) is 31.2 Å². The number of phenolic OH excluding ortho intramolecular Hbond substituents is 1. The molecule has 256 valence electrons. The van der Waals surface area contributed by atoms with Gasteiger partial charge in [0.1, 0.15) is 24.0 Å². The van der Waals surface area contributed by atoms with E-state index in [9.17, 15) is 37.5 Å². The Labute approximate surface area is 279 Å². The quantitative estimate of drug-likeness (QED) is 0.222. The van der Waals surface area contributed by atoms with Crippen LogP contribution in [0.1, 0.15) is 62.5 Å². The summed E-state index contributed by atoms with van der Waals surface area (Å²) in [6, 6.07) is 10.6. The maximum Gasteiger partial charge on any atom is 0.329 e. The third kappa shape index (κ3) is 5.79. The second-order valence-corrected chi connectivity index (χ2v) is 14.5. The number of anilines is 2. The number of piperidine rings is 1. The van der Waals surface area contributed by atoms with E-state index in [-0.39, 0.29) is 59.4 Å². The topological polar surface area (TPSA) is 189 Å². The number of carbonyl (C=O) groups excluding carboxylic acids is 4. The van der Waals surface area contributed by atoms with E-state index in [0.29, 0.717) is 21.0 Å². The standard InChI is InChI=1S/C33H33FN6O8S/c1-38-25-14-19(6-9-23(25)40(33(38)46)24-10-11-27(42)36-32(24)45)18-4-2-17(3-5-18)12-28(43)35-21-7-8-22-20(13-21)15-26(41)31(30(22)34)39-16-29(44)37-49(39,47)48/h6-9,13-15,17-18,24,41H,2-5,10-12,16H2,1H3,(H,35,43)(H,37,44)(H,36,42,45)/t17-,18+,24?. The lowest BCUT2D eigenvalue weighted by atomic mass is 9.77. The first-order valence-electron chi connectivity index (χ1n) is 15.9. The number of imidazole rings is 1. The highest BCUT2D eigenvalue weighted by molar-refractivity contribution is 7.92. The lowest BCUT2D eigenvalue weighted by Crippen LogP contribution is -2.44. The van der Waals surface area contributed by atoms with E-state index in [1.165, 1.54) is 33.4 Å². The summed E-state index contributed by atoms with van der Waals surface area (Å²) in [5, 5.41) is 15.9. The summed E-state index contributed by atoms with van der Waals surface area (Å²) in [6.07, 6.45) is 4.02. The van der Waals surface area contributed by atoms with Crippen LogP contribution in [0.2, 0.25) is 0 Å². The maximum atomic E-state index is 15.4. The Kier molecular flexibility index (Phi) is 7.92. The minimum atomic E-state index is -4.34. The fourth-order valence-electron chi connectivity index (χ4n) is 7.34. The maximum absolute atomic E-state index is 15.4. The molecule has 0 bridgehead atoms. The van der Waals surface area contributed by atoms with Gasteiger partial charge in [-0.15, -0.1) is 0 Å². The molecule has 1 saturated carbocycles. The summed E-state index contributed by atoms with van der Waals surface area (Å²) >= 11 is 0.